The number of benzene rings is 1. The molecular weight excluding hydrogens is 332 g/mol. The van der Waals surface area contributed by atoms with Gasteiger partial charge >= 0.3 is 5.97 Å². The van der Waals surface area contributed by atoms with E-state index in [0.29, 0.717) is 17.3 Å². The number of carboxylic acid groups (broad SMARTS) is 1. The molecule has 1 unspecified atom stereocenters. The molecule has 1 saturated carbocycles. The Morgan fingerprint density at radius 1 is 1.26 bits per heavy atom. The van der Waals surface area contributed by atoms with Gasteiger partial charge in [-0.05, 0) is 46.8 Å². The number of hydrogen-bond acceptors (Lipinski definition) is 3. The lowest BCUT2D eigenvalue weighted by atomic mass is 10.0. The molecular formula is C13H15BrO4S. The van der Waals surface area contributed by atoms with Crippen LogP contribution >= 0.6 is 15.9 Å². The lowest BCUT2D eigenvalue weighted by Crippen LogP contribution is -2.36. The van der Waals surface area contributed by atoms with Gasteiger partial charge in [-0.15, -0.1) is 0 Å². The zero-order valence-electron chi connectivity index (χ0n) is 10.3. The highest BCUT2D eigenvalue weighted by molar-refractivity contribution is 9.10. The zero-order chi connectivity index (χ0) is 14.0. The van der Waals surface area contributed by atoms with Gasteiger partial charge in [-0.25, -0.2) is 8.42 Å². The van der Waals surface area contributed by atoms with Crippen LogP contribution < -0.4 is 0 Å². The summed E-state index contributed by atoms with van der Waals surface area (Å²) in [5, 5.41) is 7.99. The smallest absolute Gasteiger partial charge is 0.322 e. The largest absolute Gasteiger partial charge is 0.480 e. The molecule has 1 fully saturated rings. The first-order valence-electron chi connectivity index (χ1n) is 6.16. The van der Waals surface area contributed by atoms with E-state index in [0.717, 1.165) is 12.8 Å². The molecule has 0 heterocycles. The van der Waals surface area contributed by atoms with E-state index >= 15 is 0 Å². The third kappa shape index (κ3) is 2.84. The molecule has 1 aromatic carbocycles. The van der Waals surface area contributed by atoms with Crippen molar-refractivity contribution in [2.45, 2.75) is 35.8 Å². The van der Waals surface area contributed by atoms with Crippen molar-refractivity contribution in [3.05, 3.63) is 28.7 Å². The summed E-state index contributed by atoms with van der Waals surface area (Å²) in [7, 11) is -3.86. The van der Waals surface area contributed by atoms with Gasteiger partial charge < -0.3 is 5.11 Å². The second-order valence-corrected chi connectivity index (χ2v) is 7.67. The third-order valence-electron chi connectivity index (χ3n) is 3.55. The standard InChI is InChI=1S/C13H15BrO4S/c14-10-7-3-4-8-11(10)19(17,18)12(13(15)16)9-5-1-2-6-9/h3-4,7-9,12H,1-2,5-6H2,(H,15,16). The maximum absolute atomic E-state index is 12.6. The van der Waals surface area contributed by atoms with E-state index in [9.17, 15) is 18.3 Å². The summed E-state index contributed by atoms with van der Waals surface area (Å²) in [5.41, 5.74) is 0. The van der Waals surface area contributed by atoms with Crippen LogP contribution in [0.4, 0.5) is 0 Å². The Labute approximate surface area is 120 Å². The number of aliphatic carboxylic acids is 1. The number of hydrogen-bond donors (Lipinski definition) is 1. The number of carboxylic acids is 1. The van der Waals surface area contributed by atoms with Crippen LogP contribution in [-0.4, -0.2) is 24.7 Å². The Balaban J connectivity index is 2.46. The fourth-order valence-electron chi connectivity index (χ4n) is 2.66. The van der Waals surface area contributed by atoms with Gasteiger partial charge in [0.2, 0.25) is 0 Å². The zero-order valence-corrected chi connectivity index (χ0v) is 12.7. The minimum Gasteiger partial charge on any atom is -0.480 e. The summed E-state index contributed by atoms with van der Waals surface area (Å²) in [6.45, 7) is 0. The maximum Gasteiger partial charge on any atom is 0.322 e. The van der Waals surface area contributed by atoms with Crippen molar-refractivity contribution in [1.29, 1.82) is 0 Å². The van der Waals surface area contributed by atoms with Crippen LogP contribution in [0.2, 0.25) is 0 Å². The van der Waals surface area contributed by atoms with Gasteiger partial charge in [-0.2, -0.15) is 0 Å². The average molecular weight is 347 g/mol. The van der Waals surface area contributed by atoms with E-state index < -0.39 is 21.1 Å². The quantitative estimate of drug-likeness (QED) is 0.909. The highest BCUT2D eigenvalue weighted by Gasteiger charge is 2.42. The molecule has 0 saturated heterocycles. The van der Waals surface area contributed by atoms with Crippen molar-refractivity contribution < 1.29 is 18.3 Å². The average Bonchev–Trinajstić information content (AvgIpc) is 2.82. The molecule has 1 aromatic rings. The van der Waals surface area contributed by atoms with Gasteiger partial charge in [0.25, 0.3) is 0 Å². The molecule has 104 valence electrons. The molecule has 1 aliphatic rings. The summed E-state index contributed by atoms with van der Waals surface area (Å²) in [6, 6.07) is 6.37. The van der Waals surface area contributed by atoms with Crippen LogP contribution in [0.3, 0.4) is 0 Å². The van der Waals surface area contributed by atoms with Gasteiger partial charge in [-0.3, -0.25) is 4.79 Å². The van der Waals surface area contributed by atoms with E-state index in [-0.39, 0.29) is 10.8 Å². The molecule has 0 amide bonds. The molecule has 0 aliphatic heterocycles. The van der Waals surface area contributed by atoms with E-state index in [2.05, 4.69) is 15.9 Å². The topological polar surface area (TPSA) is 71.4 Å². The summed E-state index contributed by atoms with van der Waals surface area (Å²) < 4.78 is 25.6. The van der Waals surface area contributed by atoms with Crippen molar-refractivity contribution in [2.24, 2.45) is 5.92 Å². The first-order valence-corrected chi connectivity index (χ1v) is 8.50. The number of halogens is 1. The van der Waals surface area contributed by atoms with Crippen molar-refractivity contribution in [2.75, 3.05) is 0 Å². The van der Waals surface area contributed by atoms with E-state index in [4.69, 9.17) is 0 Å². The van der Waals surface area contributed by atoms with Gasteiger partial charge in [-0.1, -0.05) is 25.0 Å². The molecule has 0 radical (unpaired) electrons. The van der Waals surface area contributed by atoms with Crippen LogP contribution in [0.5, 0.6) is 0 Å². The highest BCUT2D eigenvalue weighted by Crippen LogP contribution is 2.35. The Hall–Kier alpha value is -0.880. The lowest BCUT2D eigenvalue weighted by Gasteiger charge is -2.20. The Bertz CT molecular complexity index is 576. The van der Waals surface area contributed by atoms with Crippen LogP contribution in [0.1, 0.15) is 25.7 Å². The fourth-order valence-corrected chi connectivity index (χ4v) is 5.55. The number of rotatable bonds is 4. The molecule has 0 spiro atoms. The molecule has 4 nitrogen and oxygen atoms in total. The predicted octanol–water partition coefficient (Wildman–Crippen LogP) is 2.87. The maximum atomic E-state index is 12.6. The minimum absolute atomic E-state index is 0.0642. The first kappa shape index (κ1) is 14.5. The minimum atomic E-state index is -3.86. The predicted molar refractivity (Wildman–Crippen MR) is 74.7 cm³/mol. The van der Waals surface area contributed by atoms with E-state index in [1.807, 2.05) is 0 Å². The van der Waals surface area contributed by atoms with Crippen molar-refractivity contribution in [3.63, 3.8) is 0 Å². The van der Waals surface area contributed by atoms with Crippen molar-refractivity contribution >= 4 is 31.7 Å². The second-order valence-electron chi connectivity index (χ2n) is 4.78. The highest BCUT2D eigenvalue weighted by atomic mass is 79.9. The molecule has 0 aromatic heterocycles. The monoisotopic (exact) mass is 346 g/mol. The van der Waals surface area contributed by atoms with Gasteiger partial charge in [0.05, 0.1) is 4.90 Å². The summed E-state index contributed by atoms with van der Waals surface area (Å²) in [6.07, 6.45) is 3.14. The van der Waals surface area contributed by atoms with Crippen LogP contribution in [-0.2, 0) is 14.6 Å². The van der Waals surface area contributed by atoms with E-state index in [1.54, 1.807) is 18.2 Å². The summed E-state index contributed by atoms with van der Waals surface area (Å²) in [5.74, 6) is -1.53. The van der Waals surface area contributed by atoms with Gasteiger partial charge in [0, 0.05) is 4.47 Å². The van der Waals surface area contributed by atoms with Crippen molar-refractivity contribution in [1.82, 2.24) is 0 Å². The molecule has 1 aliphatic carbocycles. The molecule has 2 rings (SSSR count). The van der Waals surface area contributed by atoms with Gasteiger partial charge in [0.15, 0.2) is 15.1 Å². The SMILES string of the molecule is O=C(O)C(C1CCCC1)S(=O)(=O)c1ccccc1Br. The Morgan fingerprint density at radius 3 is 2.37 bits per heavy atom. The first-order chi connectivity index (χ1) is 8.94. The number of sulfone groups is 1. The number of carbonyl (C=O) groups is 1. The van der Waals surface area contributed by atoms with Gasteiger partial charge in [0.1, 0.15) is 0 Å². The molecule has 6 heteroatoms. The van der Waals surface area contributed by atoms with E-state index in [1.165, 1.54) is 6.07 Å². The Kier molecular flexibility index (Phi) is 4.30. The molecule has 19 heavy (non-hydrogen) atoms. The fraction of sp³-hybridized carbons (Fsp3) is 0.462. The normalized spacial score (nSPS) is 18.4. The third-order valence-corrected chi connectivity index (χ3v) is 6.73. The van der Waals surface area contributed by atoms with Crippen LogP contribution in [0.15, 0.2) is 33.6 Å². The van der Waals surface area contributed by atoms with Crippen LogP contribution in [0, 0.1) is 5.92 Å². The van der Waals surface area contributed by atoms with Crippen LogP contribution in [0.25, 0.3) is 0 Å². The molecule has 1 N–H and O–H groups in total. The molecule has 0 bridgehead atoms. The van der Waals surface area contributed by atoms with Crippen molar-refractivity contribution in [3.8, 4) is 0 Å². The Morgan fingerprint density at radius 2 is 1.84 bits per heavy atom. The summed E-state index contributed by atoms with van der Waals surface area (Å²) >= 11 is 3.19. The second kappa shape index (κ2) is 5.63. The lowest BCUT2D eigenvalue weighted by molar-refractivity contribution is -0.137. The summed E-state index contributed by atoms with van der Waals surface area (Å²) in [4.78, 5) is 11.5. The molecule has 1 atom stereocenters.